The molecule has 7 nitrogen and oxygen atoms in total. The Kier molecular flexibility index (Phi) is 5.51. The highest BCUT2D eigenvalue weighted by molar-refractivity contribution is 5.86. The van der Waals surface area contributed by atoms with E-state index in [2.05, 4.69) is 5.32 Å². The van der Waals surface area contributed by atoms with Gasteiger partial charge in [-0.25, -0.2) is 4.79 Å². The van der Waals surface area contributed by atoms with Gasteiger partial charge in [-0.3, -0.25) is 10.1 Å². The second kappa shape index (κ2) is 6.76. The summed E-state index contributed by atoms with van der Waals surface area (Å²) < 4.78 is 5.15. The van der Waals surface area contributed by atoms with E-state index in [-0.39, 0.29) is 0 Å². The third kappa shape index (κ3) is 5.01. The molecule has 2 unspecified atom stereocenters. The molecule has 0 heterocycles. The van der Waals surface area contributed by atoms with E-state index in [1.54, 1.807) is 39.8 Å². The van der Waals surface area contributed by atoms with E-state index in [0.717, 1.165) is 5.56 Å². The number of aryl methyl sites for hydroxylation is 1. The van der Waals surface area contributed by atoms with E-state index in [4.69, 9.17) is 15.6 Å². The van der Waals surface area contributed by atoms with Crippen LogP contribution in [0.25, 0.3) is 0 Å². The van der Waals surface area contributed by atoms with Gasteiger partial charge in [0.15, 0.2) is 0 Å². The molecular weight excluding hydrogens is 288 g/mol. The van der Waals surface area contributed by atoms with Crippen molar-refractivity contribution < 1.29 is 24.5 Å². The van der Waals surface area contributed by atoms with Crippen LogP contribution in [0.1, 0.15) is 38.0 Å². The van der Waals surface area contributed by atoms with Gasteiger partial charge in [-0.05, 0) is 44.9 Å². The van der Waals surface area contributed by atoms with E-state index in [1.165, 1.54) is 6.07 Å². The van der Waals surface area contributed by atoms with Gasteiger partial charge in [0.05, 0.1) is 0 Å². The van der Waals surface area contributed by atoms with Crippen molar-refractivity contribution in [2.75, 3.05) is 5.32 Å². The summed E-state index contributed by atoms with van der Waals surface area (Å²) in [7, 11) is 0. The maximum atomic E-state index is 11.8. The number of hydrogen-bond donors (Lipinski definition) is 4. The second-order valence-electron chi connectivity index (χ2n) is 6.01. The minimum absolute atomic E-state index is 0.298. The Balaban J connectivity index is 2.95. The van der Waals surface area contributed by atoms with Gasteiger partial charge in [0.1, 0.15) is 17.7 Å². The first kappa shape index (κ1) is 17.9. The number of ether oxygens (including phenoxy) is 1. The minimum atomic E-state index is -1.45. The maximum Gasteiger partial charge on any atom is 0.412 e. The second-order valence-corrected chi connectivity index (χ2v) is 6.01. The average Bonchev–Trinajstić information content (AvgIpc) is 2.37. The van der Waals surface area contributed by atoms with Crippen molar-refractivity contribution in [2.24, 2.45) is 5.73 Å². The van der Waals surface area contributed by atoms with Gasteiger partial charge in [0.2, 0.25) is 0 Å². The maximum absolute atomic E-state index is 11.8. The predicted octanol–water partition coefficient (Wildman–Crippen LogP) is 1.79. The summed E-state index contributed by atoms with van der Waals surface area (Å²) in [5.41, 5.74) is 6.22. The molecule has 122 valence electrons. The molecule has 0 aromatic heterocycles. The third-order valence-corrected chi connectivity index (χ3v) is 2.86. The number of hydrogen-bond acceptors (Lipinski definition) is 5. The fourth-order valence-electron chi connectivity index (χ4n) is 1.71. The number of carboxylic acids is 1. The molecule has 0 bridgehead atoms. The standard InChI is InChI=1S/C15H22N2O5/c1-8-5-6-9(12(18)11(16)13(19)20)7-10(8)17-14(21)22-15(2,3)4/h5-7,11-12,18H,16H2,1-4H3,(H,17,21)(H,19,20). The summed E-state index contributed by atoms with van der Waals surface area (Å²) in [6, 6.07) is 3.24. The quantitative estimate of drug-likeness (QED) is 0.672. The zero-order valence-electron chi connectivity index (χ0n) is 13.1. The van der Waals surface area contributed by atoms with Gasteiger partial charge in [0.25, 0.3) is 0 Å². The van der Waals surface area contributed by atoms with Crippen molar-refractivity contribution in [1.82, 2.24) is 0 Å². The highest BCUT2D eigenvalue weighted by Gasteiger charge is 2.24. The molecule has 0 fully saturated rings. The highest BCUT2D eigenvalue weighted by Crippen LogP contribution is 2.24. The number of carboxylic acid groups (broad SMARTS) is 1. The molecule has 0 aliphatic rings. The third-order valence-electron chi connectivity index (χ3n) is 2.86. The number of nitrogens with one attached hydrogen (secondary N) is 1. The van der Waals surface area contributed by atoms with Crippen LogP contribution in [0.4, 0.5) is 10.5 Å². The SMILES string of the molecule is Cc1ccc(C(O)C(N)C(=O)O)cc1NC(=O)OC(C)(C)C. The van der Waals surface area contributed by atoms with Crippen molar-refractivity contribution in [2.45, 2.75) is 45.4 Å². The fourth-order valence-corrected chi connectivity index (χ4v) is 1.71. The smallest absolute Gasteiger partial charge is 0.412 e. The van der Waals surface area contributed by atoms with Crippen LogP contribution in [0.5, 0.6) is 0 Å². The average molecular weight is 310 g/mol. The van der Waals surface area contributed by atoms with E-state index in [0.29, 0.717) is 11.3 Å². The number of amides is 1. The van der Waals surface area contributed by atoms with E-state index >= 15 is 0 Å². The zero-order chi connectivity index (χ0) is 17.1. The Hall–Kier alpha value is -2.12. The van der Waals surface area contributed by atoms with Crippen molar-refractivity contribution in [3.63, 3.8) is 0 Å². The monoisotopic (exact) mass is 310 g/mol. The molecule has 5 N–H and O–H groups in total. The molecule has 0 saturated heterocycles. The summed E-state index contributed by atoms with van der Waals surface area (Å²) in [5, 5.41) is 21.4. The van der Waals surface area contributed by atoms with E-state index in [9.17, 15) is 14.7 Å². The zero-order valence-corrected chi connectivity index (χ0v) is 13.1. The first-order valence-corrected chi connectivity index (χ1v) is 6.78. The molecule has 0 aliphatic carbocycles. The fraction of sp³-hybridized carbons (Fsp3) is 0.467. The number of rotatable bonds is 4. The largest absolute Gasteiger partial charge is 0.480 e. The van der Waals surface area contributed by atoms with Crippen LogP contribution in [0, 0.1) is 6.92 Å². The minimum Gasteiger partial charge on any atom is -0.480 e. The number of carbonyl (C=O) groups is 2. The lowest BCUT2D eigenvalue weighted by Gasteiger charge is -2.21. The van der Waals surface area contributed by atoms with Crippen LogP contribution < -0.4 is 11.1 Å². The molecule has 0 radical (unpaired) electrons. The molecule has 22 heavy (non-hydrogen) atoms. The number of nitrogens with two attached hydrogens (primary N) is 1. The van der Waals surface area contributed by atoms with Crippen LogP contribution in [-0.2, 0) is 9.53 Å². The molecule has 0 aliphatic heterocycles. The number of aliphatic carboxylic acids is 1. The molecule has 1 aromatic carbocycles. The van der Waals surface area contributed by atoms with Gasteiger partial charge in [0, 0.05) is 5.69 Å². The predicted molar refractivity (Wildman–Crippen MR) is 81.6 cm³/mol. The topological polar surface area (TPSA) is 122 Å². The molecule has 0 saturated carbocycles. The van der Waals surface area contributed by atoms with Gasteiger partial charge >= 0.3 is 12.1 Å². The van der Waals surface area contributed by atoms with Crippen LogP contribution in [0.3, 0.4) is 0 Å². The molecule has 7 heteroatoms. The van der Waals surface area contributed by atoms with Gasteiger partial charge < -0.3 is 20.7 Å². The number of aliphatic hydroxyl groups is 1. The van der Waals surface area contributed by atoms with Crippen LogP contribution in [0.15, 0.2) is 18.2 Å². The summed E-state index contributed by atoms with van der Waals surface area (Å²) in [6.45, 7) is 6.99. The van der Waals surface area contributed by atoms with Crippen LogP contribution in [0.2, 0.25) is 0 Å². The highest BCUT2D eigenvalue weighted by atomic mass is 16.6. The number of carbonyl (C=O) groups excluding carboxylic acids is 1. The van der Waals surface area contributed by atoms with Crippen molar-refractivity contribution in [1.29, 1.82) is 0 Å². The van der Waals surface area contributed by atoms with Crippen molar-refractivity contribution >= 4 is 17.7 Å². The first-order valence-electron chi connectivity index (χ1n) is 6.78. The lowest BCUT2D eigenvalue weighted by Crippen LogP contribution is -2.36. The molecule has 1 rings (SSSR count). The van der Waals surface area contributed by atoms with E-state index < -0.39 is 29.8 Å². The summed E-state index contributed by atoms with van der Waals surface area (Å²) in [5.74, 6) is -1.31. The first-order chi connectivity index (χ1) is 10.0. The molecule has 0 spiro atoms. The molecule has 1 aromatic rings. The molecular formula is C15H22N2O5. The molecule has 1 amide bonds. The molecule has 2 atom stereocenters. The van der Waals surface area contributed by atoms with Crippen molar-refractivity contribution in [3.05, 3.63) is 29.3 Å². The van der Waals surface area contributed by atoms with Crippen molar-refractivity contribution in [3.8, 4) is 0 Å². The Bertz CT molecular complexity index is 566. The summed E-state index contributed by atoms with van der Waals surface area (Å²) in [6.07, 6.45) is -2.01. The lowest BCUT2D eigenvalue weighted by atomic mass is 10.0. The lowest BCUT2D eigenvalue weighted by molar-refractivity contribution is -0.141. The van der Waals surface area contributed by atoms with Crippen LogP contribution >= 0.6 is 0 Å². The Morgan fingerprint density at radius 1 is 1.32 bits per heavy atom. The Labute approximate surface area is 129 Å². The van der Waals surface area contributed by atoms with Crippen LogP contribution in [-0.4, -0.2) is 33.9 Å². The van der Waals surface area contributed by atoms with Gasteiger partial charge in [-0.15, -0.1) is 0 Å². The summed E-state index contributed by atoms with van der Waals surface area (Å²) in [4.78, 5) is 22.6. The number of benzene rings is 1. The van der Waals surface area contributed by atoms with Gasteiger partial charge in [-0.1, -0.05) is 12.1 Å². The van der Waals surface area contributed by atoms with Gasteiger partial charge in [-0.2, -0.15) is 0 Å². The van der Waals surface area contributed by atoms with E-state index in [1.807, 2.05) is 0 Å². The number of anilines is 1. The normalized spacial score (nSPS) is 14.1. The Morgan fingerprint density at radius 3 is 2.41 bits per heavy atom. The number of aliphatic hydroxyl groups excluding tert-OH is 1. The summed E-state index contributed by atoms with van der Waals surface area (Å²) >= 11 is 0. The Morgan fingerprint density at radius 2 is 1.91 bits per heavy atom.